The van der Waals surface area contributed by atoms with Crippen molar-refractivity contribution in [2.75, 3.05) is 19.3 Å². The first-order chi connectivity index (χ1) is 9.58. The van der Waals surface area contributed by atoms with E-state index in [4.69, 9.17) is 0 Å². The molecule has 0 heterocycles. The van der Waals surface area contributed by atoms with E-state index in [0.29, 0.717) is 23.5 Å². The second-order valence-corrected chi connectivity index (χ2v) is 6.18. The van der Waals surface area contributed by atoms with Gasteiger partial charge in [-0.15, -0.1) is 0 Å². The molecule has 5 nitrogen and oxygen atoms in total. The van der Waals surface area contributed by atoms with Crippen molar-refractivity contribution < 1.29 is 13.8 Å². The van der Waals surface area contributed by atoms with E-state index in [1.807, 2.05) is 0 Å². The number of benzene rings is 1. The molecule has 6 heteroatoms. The zero-order valence-corrected chi connectivity index (χ0v) is 12.2. The lowest BCUT2D eigenvalue weighted by Crippen LogP contribution is -2.35. The Balaban J connectivity index is 1.73. The van der Waals surface area contributed by atoms with Gasteiger partial charge in [-0.2, -0.15) is 0 Å². The van der Waals surface area contributed by atoms with Crippen molar-refractivity contribution in [3.8, 4) is 0 Å². The second kappa shape index (κ2) is 6.65. The normalized spacial score (nSPS) is 15.4. The fourth-order valence-corrected chi connectivity index (χ4v) is 2.27. The first-order valence-corrected chi connectivity index (χ1v) is 8.13. The second-order valence-electron chi connectivity index (χ2n) is 4.80. The molecule has 1 aromatic rings. The Morgan fingerprint density at radius 3 is 2.30 bits per heavy atom. The van der Waals surface area contributed by atoms with Gasteiger partial charge in [0.2, 0.25) is 5.91 Å². The van der Waals surface area contributed by atoms with Crippen LogP contribution in [0.4, 0.5) is 0 Å². The standard InChI is InChI=1S/C14H18N2O3S/c1-20(19)12-6-4-11(5-7-12)14(18)16-9-8-15-13(17)10-2-3-10/h4-7,10H,2-3,8-9H2,1H3,(H,15,17)(H,16,18). The fourth-order valence-electron chi connectivity index (χ4n) is 1.75. The predicted molar refractivity (Wildman–Crippen MR) is 76.8 cm³/mol. The highest BCUT2D eigenvalue weighted by Gasteiger charge is 2.28. The summed E-state index contributed by atoms with van der Waals surface area (Å²) >= 11 is 0. The van der Waals surface area contributed by atoms with Crippen LogP contribution in [0.5, 0.6) is 0 Å². The number of hydrogen-bond donors (Lipinski definition) is 2. The largest absolute Gasteiger partial charge is 0.354 e. The van der Waals surface area contributed by atoms with Gasteiger partial charge in [-0.3, -0.25) is 13.8 Å². The van der Waals surface area contributed by atoms with Crippen LogP contribution in [0.15, 0.2) is 29.2 Å². The zero-order valence-electron chi connectivity index (χ0n) is 11.3. The number of carbonyl (C=O) groups is 2. The molecule has 0 spiro atoms. The van der Waals surface area contributed by atoms with Gasteiger partial charge in [-0.25, -0.2) is 0 Å². The van der Waals surface area contributed by atoms with Crippen LogP contribution in [0.1, 0.15) is 23.2 Å². The lowest BCUT2D eigenvalue weighted by molar-refractivity contribution is -0.122. The van der Waals surface area contributed by atoms with Crippen LogP contribution in [-0.2, 0) is 15.6 Å². The molecule has 0 bridgehead atoms. The third-order valence-corrected chi connectivity index (χ3v) is 4.04. The van der Waals surface area contributed by atoms with E-state index in [2.05, 4.69) is 10.6 Å². The van der Waals surface area contributed by atoms with Crippen LogP contribution in [0, 0.1) is 5.92 Å². The lowest BCUT2D eigenvalue weighted by Gasteiger charge is -2.07. The monoisotopic (exact) mass is 294 g/mol. The van der Waals surface area contributed by atoms with Crippen molar-refractivity contribution in [2.24, 2.45) is 5.92 Å². The highest BCUT2D eigenvalue weighted by molar-refractivity contribution is 7.84. The van der Waals surface area contributed by atoms with Gasteiger partial charge in [0.15, 0.2) is 0 Å². The minimum absolute atomic E-state index is 0.0778. The van der Waals surface area contributed by atoms with Gasteiger partial charge in [0.05, 0.1) is 0 Å². The molecule has 1 fully saturated rings. The maximum absolute atomic E-state index is 11.8. The summed E-state index contributed by atoms with van der Waals surface area (Å²) in [7, 11) is -1.04. The van der Waals surface area contributed by atoms with E-state index in [9.17, 15) is 13.8 Å². The fraction of sp³-hybridized carbons (Fsp3) is 0.429. The number of rotatable bonds is 6. The molecule has 0 saturated heterocycles. The predicted octanol–water partition coefficient (Wildman–Crippen LogP) is 0.680. The number of carbonyl (C=O) groups excluding carboxylic acids is 2. The summed E-state index contributed by atoms with van der Waals surface area (Å²) in [4.78, 5) is 23.9. The van der Waals surface area contributed by atoms with Crippen LogP contribution < -0.4 is 10.6 Å². The maximum Gasteiger partial charge on any atom is 0.251 e. The Kier molecular flexibility index (Phi) is 4.89. The molecule has 1 atom stereocenters. The van der Waals surface area contributed by atoms with Crippen LogP contribution in [0.2, 0.25) is 0 Å². The number of hydrogen-bond acceptors (Lipinski definition) is 3. The number of amides is 2. The molecular formula is C14H18N2O3S. The maximum atomic E-state index is 11.8. The van der Waals surface area contributed by atoms with Crippen molar-refractivity contribution in [3.05, 3.63) is 29.8 Å². The van der Waals surface area contributed by atoms with Gasteiger partial charge < -0.3 is 10.6 Å². The SMILES string of the molecule is CS(=O)c1ccc(C(=O)NCCNC(=O)C2CC2)cc1. The van der Waals surface area contributed by atoms with Gasteiger partial charge in [-0.05, 0) is 37.1 Å². The van der Waals surface area contributed by atoms with E-state index in [0.717, 1.165) is 12.8 Å². The van der Waals surface area contributed by atoms with Gasteiger partial charge in [-0.1, -0.05) is 0 Å². The van der Waals surface area contributed by atoms with E-state index in [1.165, 1.54) is 0 Å². The molecule has 2 amide bonds. The molecule has 1 unspecified atom stereocenters. The third-order valence-electron chi connectivity index (χ3n) is 3.11. The highest BCUT2D eigenvalue weighted by atomic mass is 32.2. The molecule has 1 aromatic carbocycles. The molecule has 1 aliphatic rings. The van der Waals surface area contributed by atoms with E-state index in [1.54, 1.807) is 30.5 Å². The van der Waals surface area contributed by atoms with Gasteiger partial charge in [0.1, 0.15) is 0 Å². The van der Waals surface area contributed by atoms with Crippen molar-refractivity contribution in [1.29, 1.82) is 0 Å². The van der Waals surface area contributed by atoms with Crippen molar-refractivity contribution >= 4 is 22.6 Å². The molecule has 0 aliphatic heterocycles. The number of nitrogens with one attached hydrogen (secondary N) is 2. The van der Waals surface area contributed by atoms with Crippen molar-refractivity contribution in [1.82, 2.24) is 10.6 Å². The molecule has 2 rings (SSSR count). The molecule has 0 aromatic heterocycles. The van der Waals surface area contributed by atoms with Crippen LogP contribution in [0.3, 0.4) is 0 Å². The summed E-state index contributed by atoms with van der Waals surface area (Å²) in [5.41, 5.74) is 0.521. The third kappa shape index (κ3) is 4.16. The Labute approximate surface area is 120 Å². The highest BCUT2D eigenvalue weighted by Crippen LogP contribution is 2.28. The first-order valence-electron chi connectivity index (χ1n) is 6.57. The van der Waals surface area contributed by atoms with E-state index in [-0.39, 0.29) is 17.7 Å². The van der Waals surface area contributed by atoms with Crippen LogP contribution in [0.25, 0.3) is 0 Å². The molecule has 1 aliphatic carbocycles. The Bertz CT molecular complexity index is 524. The quantitative estimate of drug-likeness (QED) is 0.758. The minimum atomic E-state index is -1.04. The minimum Gasteiger partial charge on any atom is -0.354 e. The Morgan fingerprint density at radius 1 is 1.15 bits per heavy atom. The Hall–Kier alpha value is -1.69. The van der Waals surface area contributed by atoms with Gasteiger partial charge in [0.25, 0.3) is 5.91 Å². The zero-order chi connectivity index (χ0) is 14.5. The van der Waals surface area contributed by atoms with Gasteiger partial charge >= 0.3 is 0 Å². The molecular weight excluding hydrogens is 276 g/mol. The average Bonchev–Trinajstić information content (AvgIpc) is 3.27. The van der Waals surface area contributed by atoms with Crippen LogP contribution >= 0.6 is 0 Å². The molecule has 20 heavy (non-hydrogen) atoms. The van der Waals surface area contributed by atoms with E-state index >= 15 is 0 Å². The first kappa shape index (κ1) is 14.7. The summed E-state index contributed by atoms with van der Waals surface area (Å²) in [6.07, 6.45) is 3.55. The molecule has 2 N–H and O–H groups in total. The lowest BCUT2D eigenvalue weighted by atomic mass is 10.2. The molecule has 0 radical (unpaired) electrons. The molecule has 1 saturated carbocycles. The smallest absolute Gasteiger partial charge is 0.251 e. The summed E-state index contributed by atoms with van der Waals surface area (Å²) in [6.45, 7) is 0.844. The molecule has 108 valence electrons. The average molecular weight is 294 g/mol. The van der Waals surface area contributed by atoms with Crippen LogP contribution in [-0.4, -0.2) is 35.4 Å². The van der Waals surface area contributed by atoms with E-state index < -0.39 is 10.8 Å². The topological polar surface area (TPSA) is 75.3 Å². The summed E-state index contributed by atoms with van der Waals surface area (Å²) in [5, 5.41) is 5.51. The van der Waals surface area contributed by atoms with Crippen molar-refractivity contribution in [3.63, 3.8) is 0 Å². The van der Waals surface area contributed by atoms with Crippen molar-refractivity contribution in [2.45, 2.75) is 17.7 Å². The van der Waals surface area contributed by atoms with Gasteiger partial charge in [0, 0.05) is 46.5 Å². The summed E-state index contributed by atoms with van der Waals surface area (Å²) < 4.78 is 11.2. The summed E-state index contributed by atoms with van der Waals surface area (Å²) in [5.74, 6) is 0.0706. The summed E-state index contributed by atoms with van der Waals surface area (Å²) in [6, 6.07) is 6.66. The Morgan fingerprint density at radius 2 is 1.75 bits per heavy atom.